The summed E-state index contributed by atoms with van der Waals surface area (Å²) in [5.74, 6) is 4.68. The molecule has 6 heteroatoms. The highest BCUT2D eigenvalue weighted by Gasteiger charge is 2.08. The van der Waals surface area contributed by atoms with Gasteiger partial charge in [-0.05, 0) is 17.7 Å². The van der Waals surface area contributed by atoms with Crippen LogP contribution in [0.3, 0.4) is 0 Å². The molecule has 1 aromatic rings. The van der Waals surface area contributed by atoms with Crippen LogP contribution in [0.2, 0.25) is 0 Å². The highest BCUT2D eigenvalue weighted by Crippen LogP contribution is 2.04. The van der Waals surface area contributed by atoms with Gasteiger partial charge in [0.15, 0.2) is 5.75 Å². The highest BCUT2D eigenvalue weighted by molar-refractivity contribution is 7.89. The molecule has 0 aliphatic carbocycles. The molecule has 18 heavy (non-hydrogen) atoms. The Hall–Kier alpha value is -1.86. The molecular formula is C12H12N2O3S. The molecule has 0 spiro atoms. The maximum absolute atomic E-state index is 11.3. The normalized spacial score (nSPS) is 10.2. The van der Waals surface area contributed by atoms with Crippen LogP contribution >= 0.6 is 0 Å². The van der Waals surface area contributed by atoms with Crippen molar-refractivity contribution in [3.05, 3.63) is 35.4 Å². The summed E-state index contributed by atoms with van der Waals surface area (Å²) in [7, 11) is -3.55. The van der Waals surface area contributed by atoms with Crippen molar-refractivity contribution >= 4 is 10.0 Å². The first-order chi connectivity index (χ1) is 8.57. The van der Waals surface area contributed by atoms with Crippen LogP contribution < -0.4 is 4.72 Å². The summed E-state index contributed by atoms with van der Waals surface area (Å²) in [5, 5.41) is 16.9. The molecule has 0 aromatic heterocycles. The number of benzene rings is 1. The van der Waals surface area contributed by atoms with Gasteiger partial charge >= 0.3 is 0 Å². The summed E-state index contributed by atoms with van der Waals surface area (Å²) in [4.78, 5) is 0. The van der Waals surface area contributed by atoms with E-state index in [1.54, 1.807) is 30.3 Å². The molecule has 0 saturated heterocycles. The number of nitrogens with zero attached hydrogens (tertiary/aromatic N) is 1. The third-order valence-electron chi connectivity index (χ3n) is 1.99. The number of aliphatic hydroxyl groups is 1. The van der Waals surface area contributed by atoms with Crippen LogP contribution in [0.1, 0.15) is 11.1 Å². The fraction of sp³-hybridized carbons (Fsp3) is 0.250. The van der Waals surface area contributed by atoms with Crippen LogP contribution in [0.15, 0.2) is 24.3 Å². The van der Waals surface area contributed by atoms with Crippen LogP contribution in [-0.2, 0) is 16.6 Å². The zero-order valence-corrected chi connectivity index (χ0v) is 10.4. The molecule has 0 heterocycles. The Morgan fingerprint density at radius 2 is 2.17 bits per heavy atom. The molecule has 0 atom stereocenters. The zero-order valence-electron chi connectivity index (χ0n) is 9.55. The molecule has 0 fully saturated rings. The van der Waals surface area contributed by atoms with Gasteiger partial charge < -0.3 is 5.11 Å². The van der Waals surface area contributed by atoms with E-state index >= 15 is 0 Å². The molecule has 0 radical (unpaired) electrons. The van der Waals surface area contributed by atoms with Crippen molar-refractivity contribution in [2.45, 2.75) is 6.54 Å². The van der Waals surface area contributed by atoms with Crippen LogP contribution in [0.25, 0.3) is 0 Å². The lowest BCUT2D eigenvalue weighted by Crippen LogP contribution is -2.25. The average molecular weight is 264 g/mol. The minimum Gasteiger partial charge on any atom is -0.384 e. The topological polar surface area (TPSA) is 90.2 Å². The predicted octanol–water partition coefficient (Wildman–Crippen LogP) is -0.0266. The summed E-state index contributed by atoms with van der Waals surface area (Å²) in [5.41, 5.74) is 1.43. The van der Waals surface area contributed by atoms with Gasteiger partial charge in [-0.2, -0.15) is 5.26 Å². The highest BCUT2D eigenvalue weighted by atomic mass is 32.2. The molecule has 1 aromatic carbocycles. The standard InChI is InChI=1S/C12H12N2O3S/c13-6-8-18(16,17)14-10-12-4-1-3-11(9-12)5-2-7-15/h1,3-4,9,14-15H,7-8,10H2. The van der Waals surface area contributed by atoms with Crippen molar-refractivity contribution in [2.75, 3.05) is 12.4 Å². The molecule has 2 N–H and O–H groups in total. The van der Waals surface area contributed by atoms with Crippen molar-refractivity contribution in [3.8, 4) is 17.9 Å². The minimum atomic E-state index is -3.55. The van der Waals surface area contributed by atoms with Gasteiger partial charge in [-0.3, -0.25) is 0 Å². The van der Waals surface area contributed by atoms with Crippen LogP contribution in [0, 0.1) is 23.2 Å². The van der Waals surface area contributed by atoms with Crippen molar-refractivity contribution in [1.82, 2.24) is 4.72 Å². The molecule has 0 aliphatic heterocycles. The van der Waals surface area contributed by atoms with E-state index in [1.165, 1.54) is 0 Å². The van der Waals surface area contributed by atoms with Gasteiger partial charge in [0, 0.05) is 12.1 Å². The third-order valence-corrected chi connectivity index (χ3v) is 3.08. The van der Waals surface area contributed by atoms with Crippen molar-refractivity contribution in [2.24, 2.45) is 0 Å². The fourth-order valence-corrected chi connectivity index (χ4v) is 1.89. The van der Waals surface area contributed by atoms with Gasteiger partial charge in [0.05, 0.1) is 6.07 Å². The van der Waals surface area contributed by atoms with Gasteiger partial charge in [-0.1, -0.05) is 24.0 Å². The minimum absolute atomic E-state index is 0.110. The molecule has 5 nitrogen and oxygen atoms in total. The lowest BCUT2D eigenvalue weighted by Gasteiger charge is -2.04. The van der Waals surface area contributed by atoms with E-state index in [1.807, 2.05) is 0 Å². The first kappa shape index (κ1) is 14.2. The second-order valence-electron chi connectivity index (χ2n) is 3.40. The Morgan fingerprint density at radius 1 is 1.39 bits per heavy atom. The third kappa shape index (κ3) is 4.98. The first-order valence-corrected chi connectivity index (χ1v) is 6.75. The van der Waals surface area contributed by atoms with E-state index < -0.39 is 15.8 Å². The van der Waals surface area contributed by atoms with Crippen molar-refractivity contribution in [1.29, 1.82) is 5.26 Å². The Kier molecular flexibility index (Phi) is 5.34. The largest absolute Gasteiger partial charge is 0.384 e. The maximum atomic E-state index is 11.3. The second kappa shape index (κ2) is 6.77. The molecule has 94 valence electrons. The van der Waals surface area contributed by atoms with Crippen LogP contribution in [0.5, 0.6) is 0 Å². The SMILES string of the molecule is N#CCS(=O)(=O)NCc1cccc(C#CCO)c1. The Balaban J connectivity index is 2.72. The lowest BCUT2D eigenvalue weighted by atomic mass is 10.1. The Morgan fingerprint density at radius 3 is 2.83 bits per heavy atom. The van der Waals surface area contributed by atoms with Crippen LogP contribution in [0.4, 0.5) is 0 Å². The van der Waals surface area contributed by atoms with Gasteiger partial charge in [0.25, 0.3) is 0 Å². The summed E-state index contributed by atoms with van der Waals surface area (Å²) in [6.45, 7) is -0.113. The van der Waals surface area contributed by atoms with E-state index in [9.17, 15) is 8.42 Å². The maximum Gasteiger partial charge on any atom is 0.225 e. The van der Waals surface area contributed by atoms with Crippen LogP contribution in [-0.4, -0.2) is 25.9 Å². The number of hydrogen-bond donors (Lipinski definition) is 2. The van der Waals surface area contributed by atoms with Crippen molar-refractivity contribution in [3.63, 3.8) is 0 Å². The van der Waals surface area contributed by atoms with Gasteiger partial charge in [0.2, 0.25) is 10.0 Å². The van der Waals surface area contributed by atoms with E-state index in [0.29, 0.717) is 5.56 Å². The Bertz CT molecular complexity index is 606. The lowest BCUT2D eigenvalue weighted by molar-refractivity contribution is 0.350. The quantitative estimate of drug-likeness (QED) is 0.747. The smallest absolute Gasteiger partial charge is 0.225 e. The number of rotatable bonds is 4. The monoisotopic (exact) mass is 264 g/mol. The fourth-order valence-electron chi connectivity index (χ4n) is 1.23. The van der Waals surface area contributed by atoms with E-state index in [4.69, 9.17) is 10.4 Å². The molecule has 0 amide bonds. The summed E-state index contributed by atoms with van der Waals surface area (Å²) in [6.07, 6.45) is 0. The Labute approximate surface area is 106 Å². The average Bonchev–Trinajstić information content (AvgIpc) is 2.35. The van der Waals surface area contributed by atoms with E-state index in [0.717, 1.165) is 5.56 Å². The molecule has 1 rings (SSSR count). The summed E-state index contributed by atoms with van der Waals surface area (Å²) < 4.78 is 24.8. The molecule has 0 aliphatic rings. The van der Waals surface area contributed by atoms with E-state index in [-0.39, 0.29) is 13.2 Å². The van der Waals surface area contributed by atoms with Crippen molar-refractivity contribution < 1.29 is 13.5 Å². The number of nitrogens with one attached hydrogen (secondary N) is 1. The molecule has 0 unspecified atom stereocenters. The molecular weight excluding hydrogens is 252 g/mol. The predicted molar refractivity (Wildman–Crippen MR) is 66.6 cm³/mol. The number of aliphatic hydroxyl groups excluding tert-OH is 1. The first-order valence-electron chi connectivity index (χ1n) is 5.10. The van der Waals surface area contributed by atoms with E-state index in [2.05, 4.69) is 16.6 Å². The van der Waals surface area contributed by atoms with Gasteiger partial charge in [0.1, 0.15) is 6.61 Å². The van der Waals surface area contributed by atoms with Gasteiger partial charge in [-0.25, -0.2) is 13.1 Å². The molecule has 0 bridgehead atoms. The number of hydrogen-bond acceptors (Lipinski definition) is 4. The number of sulfonamides is 1. The summed E-state index contributed by atoms with van der Waals surface area (Å²) in [6, 6.07) is 8.56. The summed E-state index contributed by atoms with van der Waals surface area (Å²) >= 11 is 0. The zero-order chi connectivity index (χ0) is 13.4. The molecule has 0 saturated carbocycles. The second-order valence-corrected chi connectivity index (χ2v) is 5.21. The van der Waals surface area contributed by atoms with Gasteiger partial charge in [-0.15, -0.1) is 0 Å². The number of nitriles is 1.